The van der Waals surface area contributed by atoms with Crippen LogP contribution in [0.25, 0.3) is 0 Å². The van der Waals surface area contributed by atoms with E-state index in [1.54, 1.807) is 0 Å². The zero-order valence-corrected chi connectivity index (χ0v) is 9.24. The first-order chi connectivity index (χ1) is 5.24. The minimum Gasteiger partial charge on any atom is -0.356 e. The highest BCUT2D eigenvalue weighted by atomic mass is 31.1. The van der Waals surface area contributed by atoms with Crippen molar-refractivity contribution in [3.63, 3.8) is 0 Å². The van der Waals surface area contributed by atoms with Gasteiger partial charge >= 0.3 is 0 Å². The van der Waals surface area contributed by atoms with Crippen molar-refractivity contribution in [1.29, 1.82) is 0 Å². The smallest absolute Gasteiger partial charge is 0.0713 e. The van der Waals surface area contributed by atoms with Crippen LogP contribution in [0.3, 0.4) is 0 Å². The van der Waals surface area contributed by atoms with Crippen LogP contribution in [0, 0.1) is 0 Å². The fourth-order valence-electron chi connectivity index (χ4n) is 1.19. The quantitative estimate of drug-likeness (QED) is 0.562. The van der Waals surface area contributed by atoms with Crippen LogP contribution in [0.5, 0.6) is 0 Å². The molecule has 0 aromatic rings. The maximum Gasteiger partial charge on any atom is 0.0713 e. The van der Waals surface area contributed by atoms with Crippen molar-refractivity contribution in [2.24, 2.45) is 0 Å². The number of rotatable bonds is 6. The van der Waals surface area contributed by atoms with Crippen LogP contribution in [-0.4, -0.2) is 11.8 Å². The van der Waals surface area contributed by atoms with Crippen LogP contribution >= 0.6 is 8.81 Å². The molecule has 0 aliphatic carbocycles. The molecular formula is C9H21OP. The molecule has 0 aromatic carbocycles. The standard InChI is InChI=1S/C9H21OP/c1-5-9(6-2,7-3)10-11-8-4/h11H,5-8H2,1-4H3. The van der Waals surface area contributed by atoms with E-state index in [9.17, 15) is 0 Å². The molecule has 0 spiro atoms. The van der Waals surface area contributed by atoms with Gasteiger partial charge in [0.05, 0.1) is 5.60 Å². The molecule has 0 amide bonds. The molecule has 0 aliphatic heterocycles. The van der Waals surface area contributed by atoms with Crippen molar-refractivity contribution in [2.75, 3.05) is 6.16 Å². The Kier molecular flexibility index (Phi) is 6.18. The summed E-state index contributed by atoms with van der Waals surface area (Å²) in [5, 5.41) is 0. The molecule has 0 aromatic heterocycles. The first-order valence-electron chi connectivity index (χ1n) is 4.65. The molecule has 0 fully saturated rings. The summed E-state index contributed by atoms with van der Waals surface area (Å²) in [6.07, 6.45) is 4.59. The molecule has 0 heterocycles. The van der Waals surface area contributed by atoms with E-state index < -0.39 is 0 Å². The Morgan fingerprint density at radius 2 is 1.45 bits per heavy atom. The van der Waals surface area contributed by atoms with Gasteiger partial charge in [-0.1, -0.05) is 27.7 Å². The number of hydrogen-bond acceptors (Lipinski definition) is 1. The molecule has 0 aliphatic rings. The lowest BCUT2D eigenvalue weighted by Gasteiger charge is -2.30. The second kappa shape index (κ2) is 5.97. The van der Waals surface area contributed by atoms with Gasteiger partial charge in [-0.15, -0.1) is 0 Å². The molecule has 1 atom stereocenters. The Morgan fingerprint density at radius 3 is 1.73 bits per heavy atom. The largest absolute Gasteiger partial charge is 0.356 e. The Morgan fingerprint density at radius 1 is 1.00 bits per heavy atom. The molecule has 2 heteroatoms. The third-order valence-corrected chi connectivity index (χ3v) is 3.23. The predicted molar refractivity (Wildman–Crippen MR) is 53.5 cm³/mol. The number of hydrogen-bond donors (Lipinski definition) is 0. The van der Waals surface area contributed by atoms with Gasteiger partial charge < -0.3 is 4.52 Å². The first kappa shape index (κ1) is 11.4. The van der Waals surface area contributed by atoms with Gasteiger partial charge in [0.15, 0.2) is 0 Å². The van der Waals surface area contributed by atoms with Gasteiger partial charge in [-0.3, -0.25) is 0 Å². The topological polar surface area (TPSA) is 9.23 Å². The molecule has 1 unspecified atom stereocenters. The van der Waals surface area contributed by atoms with Crippen LogP contribution in [0.15, 0.2) is 0 Å². The highest BCUT2D eigenvalue weighted by molar-refractivity contribution is 7.32. The Balaban J connectivity index is 3.84. The van der Waals surface area contributed by atoms with Crippen molar-refractivity contribution in [3.8, 4) is 0 Å². The molecule has 0 N–H and O–H groups in total. The summed E-state index contributed by atoms with van der Waals surface area (Å²) in [5.41, 5.74) is 0.189. The van der Waals surface area contributed by atoms with Crippen LogP contribution < -0.4 is 0 Å². The summed E-state index contributed by atoms with van der Waals surface area (Å²) in [7, 11) is 0.687. The summed E-state index contributed by atoms with van der Waals surface area (Å²) in [4.78, 5) is 0. The van der Waals surface area contributed by atoms with Crippen LogP contribution in [0.4, 0.5) is 0 Å². The molecule has 0 saturated carbocycles. The normalized spacial score (nSPS) is 13.1. The van der Waals surface area contributed by atoms with Crippen molar-refractivity contribution >= 4 is 8.81 Å². The molecule has 1 nitrogen and oxygen atoms in total. The Hall–Kier alpha value is 0.390. The maximum atomic E-state index is 5.85. The van der Waals surface area contributed by atoms with E-state index in [-0.39, 0.29) is 5.60 Å². The molecular weight excluding hydrogens is 155 g/mol. The molecule has 0 saturated heterocycles. The maximum absolute atomic E-state index is 5.85. The van der Waals surface area contributed by atoms with E-state index in [0.717, 1.165) is 25.4 Å². The summed E-state index contributed by atoms with van der Waals surface area (Å²) >= 11 is 0. The molecule has 0 radical (unpaired) electrons. The summed E-state index contributed by atoms with van der Waals surface area (Å²) in [6.45, 7) is 8.82. The summed E-state index contributed by atoms with van der Waals surface area (Å²) in [5.74, 6) is 0. The predicted octanol–water partition coefficient (Wildman–Crippen LogP) is 3.59. The van der Waals surface area contributed by atoms with Crippen molar-refractivity contribution in [3.05, 3.63) is 0 Å². The molecule has 11 heavy (non-hydrogen) atoms. The van der Waals surface area contributed by atoms with Crippen LogP contribution in [-0.2, 0) is 4.52 Å². The van der Waals surface area contributed by atoms with Gasteiger partial charge in [0, 0.05) is 8.81 Å². The molecule has 68 valence electrons. The minimum absolute atomic E-state index is 0.189. The average molecular weight is 176 g/mol. The third kappa shape index (κ3) is 3.53. The minimum atomic E-state index is 0.189. The lowest BCUT2D eigenvalue weighted by molar-refractivity contribution is 0.0752. The van der Waals surface area contributed by atoms with E-state index in [0.29, 0.717) is 8.81 Å². The van der Waals surface area contributed by atoms with E-state index in [4.69, 9.17) is 4.52 Å². The zero-order valence-electron chi connectivity index (χ0n) is 8.24. The van der Waals surface area contributed by atoms with Gasteiger partial charge in [0.2, 0.25) is 0 Å². The first-order valence-corrected chi connectivity index (χ1v) is 5.77. The third-order valence-electron chi connectivity index (χ3n) is 2.37. The van der Waals surface area contributed by atoms with Gasteiger partial charge in [-0.25, -0.2) is 0 Å². The van der Waals surface area contributed by atoms with E-state index in [1.807, 2.05) is 0 Å². The van der Waals surface area contributed by atoms with Crippen LogP contribution in [0.2, 0.25) is 0 Å². The average Bonchev–Trinajstić information content (AvgIpc) is 2.08. The van der Waals surface area contributed by atoms with E-state index in [1.165, 1.54) is 0 Å². The Labute approximate surface area is 72.8 Å². The fourth-order valence-corrected chi connectivity index (χ4v) is 2.08. The van der Waals surface area contributed by atoms with Gasteiger partial charge in [0.1, 0.15) is 0 Å². The summed E-state index contributed by atoms with van der Waals surface area (Å²) < 4.78 is 5.85. The zero-order chi connectivity index (χ0) is 8.74. The second-order valence-electron chi connectivity index (χ2n) is 2.84. The SMILES string of the molecule is CCPOC(CC)(CC)CC. The van der Waals surface area contributed by atoms with Crippen molar-refractivity contribution < 1.29 is 4.52 Å². The van der Waals surface area contributed by atoms with Crippen molar-refractivity contribution in [2.45, 2.75) is 52.6 Å². The lowest BCUT2D eigenvalue weighted by atomic mass is 9.95. The van der Waals surface area contributed by atoms with Crippen molar-refractivity contribution in [1.82, 2.24) is 0 Å². The summed E-state index contributed by atoms with van der Waals surface area (Å²) in [6, 6.07) is 0. The highest BCUT2D eigenvalue weighted by Gasteiger charge is 2.23. The highest BCUT2D eigenvalue weighted by Crippen LogP contribution is 2.31. The molecule has 0 rings (SSSR count). The Bertz CT molecular complexity index is 81.3. The van der Waals surface area contributed by atoms with Crippen LogP contribution in [0.1, 0.15) is 47.0 Å². The van der Waals surface area contributed by atoms with Gasteiger partial charge in [-0.05, 0) is 25.4 Å². The van der Waals surface area contributed by atoms with E-state index in [2.05, 4.69) is 27.7 Å². The lowest BCUT2D eigenvalue weighted by Crippen LogP contribution is -2.26. The fraction of sp³-hybridized carbons (Fsp3) is 1.00. The second-order valence-corrected chi connectivity index (χ2v) is 4.04. The van der Waals surface area contributed by atoms with Gasteiger partial charge in [-0.2, -0.15) is 0 Å². The van der Waals surface area contributed by atoms with E-state index >= 15 is 0 Å². The molecule has 0 bridgehead atoms. The monoisotopic (exact) mass is 176 g/mol. The van der Waals surface area contributed by atoms with Gasteiger partial charge in [0.25, 0.3) is 0 Å².